The van der Waals surface area contributed by atoms with E-state index in [2.05, 4.69) is 31.9 Å². The first-order chi connectivity index (χ1) is 7.30. The zero-order valence-electron chi connectivity index (χ0n) is 8.31. The van der Waals surface area contributed by atoms with Crippen LogP contribution in [0, 0.1) is 6.92 Å². The molecule has 1 unspecified atom stereocenters. The molecule has 0 N–H and O–H groups in total. The molecule has 0 aliphatic carbocycles. The van der Waals surface area contributed by atoms with Gasteiger partial charge in [-0.2, -0.15) is 13.2 Å². The Kier molecular flexibility index (Phi) is 4.67. The molecule has 0 radical (unpaired) electrons. The summed E-state index contributed by atoms with van der Waals surface area (Å²) in [5, 5.41) is 0. The number of alkyl halides is 4. The number of rotatable bonds is 3. The molecule has 90 valence electrons. The highest BCUT2D eigenvalue weighted by Gasteiger charge is 2.38. The highest BCUT2D eigenvalue weighted by atomic mass is 79.9. The highest BCUT2D eigenvalue weighted by molar-refractivity contribution is 9.10. The molecule has 0 aliphatic heterocycles. The number of ether oxygens (including phenoxy) is 1. The van der Waals surface area contributed by atoms with E-state index < -0.39 is 17.6 Å². The van der Waals surface area contributed by atoms with Gasteiger partial charge < -0.3 is 4.74 Å². The van der Waals surface area contributed by atoms with Crippen LogP contribution in [-0.2, 0) is 0 Å². The molecular weight excluding hydrogens is 353 g/mol. The number of halogens is 5. The van der Waals surface area contributed by atoms with Gasteiger partial charge in [0.25, 0.3) is 0 Å². The minimum absolute atomic E-state index is 0.444. The molecule has 1 aromatic rings. The fourth-order valence-electron chi connectivity index (χ4n) is 0.987. The van der Waals surface area contributed by atoms with E-state index in [0.29, 0.717) is 5.75 Å². The minimum Gasteiger partial charge on any atom is -0.492 e. The Hall–Kier alpha value is -0.230. The SMILES string of the molecule is Cc1ccc(Br)cc1OCC(Br)C(F)(F)F. The van der Waals surface area contributed by atoms with Crippen LogP contribution in [0.15, 0.2) is 22.7 Å². The molecule has 1 nitrogen and oxygen atoms in total. The van der Waals surface area contributed by atoms with Crippen LogP contribution in [0.1, 0.15) is 5.56 Å². The topological polar surface area (TPSA) is 9.23 Å². The van der Waals surface area contributed by atoms with Crippen molar-refractivity contribution >= 4 is 31.9 Å². The van der Waals surface area contributed by atoms with Crippen LogP contribution >= 0.6 is 31.9 Å². The molecule has 6 heteroatoms. The summed E-state index contributed by atoms with van der Waals surface area (Å²) in [6.45, 7) is 1.33. The lowest BCUT2D eigenvalue weighted by Crippen LogP contribution is -2.28. The van der Waals surface area contributed by atoms with E-state index in [1.54, 1.807) is 25.1 Å². The smallest absolute Gasteiger partial charge is 0.404 e. The van der Waals surface area contributed by atoms with Crippen molar-refractivity contribution in [3.63, 3.8) is 0 Å². The molecule has 0 saturated carbocycles. The van der Waals surface area contributed by atoms with Crippen LogP contribution in [0.3, 0.4) is 0 Å². The van der Waals surface area contributed by atoms with Crippen molar-refractivity contribution in [1.82, 2.24) is 0 Å². The molecule has 0 bridgehead atoms. The second-order valence-electron chi connectivity index (χ2n) is 3.23. The summed E-state index contributed by atoms with van der Waals surface area (Å²) in [5.74, 6) is 0.447. The average molecular weight is 362 g/mol. The van der Waals surface area contributed by atoms with E-state index in [4.69, 9.17) is 4.74 Å². The standard InChI is InChI=1S/C10H9Br2F3O/c1-6-2-3-7(11)4-8(6)16-5-9(12)10(13,14)15/h2-4,9H,5H2,1H3. The first-order valence-corrected chi connectivity index (χ1v) is 6.11. The summed E-state index contributed by atoms with van der Waals surface area (Å²) in [5.41, 5.74) is 0.796. The molecule has 0 aliphatic rings. The van der Waals surface area contributed by atoms with Gasteiger partial charge in [-0.15, -0.1) is 0 Å². The molecule has 0 fully saturated rings. The van der Waals surface area contributed by atoms with Crippen LogP contribution in [0.5, 0.6) is 5.75 Å². The van der Waals surface area contributed by atoms with Crippen molar-refractivity contribution in [3.05, 3.63) is 28.2 Å². The second kappa shape index (κ2) is 5.40. The molecule has 1 rings (SSSR count). The summed E-state index contributed by atoms with van der Waals surface area (Å²) < 4.78 is 42.5. The van der Waals surface area contributed by atoms with Crippen LogP contribution in [0.25, 0.3) is 0 Å². The van der Waals surface area contributed by atoms with Crippen LogP contribution in [0.2, 0.25) is 0 Å². The van der Waals surface area contributed by atoms with Crippen molar-refractivity contribution in [1.29, 1.82) is 0 Å². The number of hydrogen-bond donors (Lipinski definition) is 0. The van der Waals surface area contributed by atoms with E-state index in [1.165, 1.54) is 0 Å². The van der Waals surface area contributed by atoms with Gasteiger partial charge in [0.2, 0.25) is 0 Å². The second-order valence-corrected chi connectivity index (χ2v) is 5.25. The first kappa shape index (κ1) is 13.8. The molecule has 0 heterocycles. The van der Waals surface area contributed by atoms with Crippen molar-refractivity contribution < 1.29 is 17.9 Å². The van der Waals surface area contributed by atoms with Gasteiger partial charge in [-0.3, -0.25) is 0 Å². The Labute approximate surface area is 108 Å². The maximum absolute atomic E-state index is 12.2. The summed E-state index contributed by atoms with van der Waals surface area (Å²) in [4.78, 5) is -1.65. The van der Waals surface area contributed by atoms with Gasteiger partial charge in [0.05, 0.1) is 0 Å². The Morgan fingerprint density at radius 3 is 2.56 bits per heavy atom. The zero-order chi connectivity index (χ0) is 12.3. The van der Waals surface area contributed by atoms with Crippen molar-refractivity contribution in [2.24, 2.45) is 0 Å². The van der Waals surface area contributed by atoms with Gasteiger partial charge in [0.15, 0.2) is 0 Å². The van der Waals surface area contributed by atoms with E-state index in [0.717, 1.165) is 10.0 Å². The molecule has 0 aromatic heterocycles. The third kappa shape index (κ3) is 3.97. The van der Waals surface area contributed by atoms with Crippen molar-refractivity contribution in [2.45, 2.75) is 17.9 Å². The molecule has 16 heavy (non-hydrogen) atoms. The lowest BCUT2D eigenvalue weighted by atomic mass is 10.2. The van der Waals surface area contributed by atoms with E-state index in [-0.39, 0.29) is 0 Å². The van der Waals surface area contributed by atoms with E-state index in [9.17, 15) is 13.2 Å². The summed E-state index contributed by atoms with van der Waals surface area (Å²) in [6.07, 6.45) is -4.29. The Morgan fingerprint density at radius 1 is 1.38 bits per heavy atom. The van der Waals surface area contributed by atoms with E-state index >= 15 is 0 Å². The van der Waals surface area contributed by atoms with Gasteiger partial charge in [-0.25, -0.2) is 0 Å². The fourth-order valence-corrected chi connectivity index (χ4v) is 1.46. The van der Waals surface area contributed by atoms with Crippen molar-refractivity contribution in [2.75, 3.05) is 6.61 Å². The van der Waals surface area contributed by atoms with Gasteiger partial charge >= 0.3 is 6.18 Å². The van der Waals surface area contributed by atoms with Crippen molar-refractivity contribution in [3.8, 4) is 5.75 Å². The maximum atomic E-state index is 12.2. The van der Waals surface area contributed by atoms with Gasteiger partial charge in [-0.1, -0.05) is 37.9 Å². The molecule has 1 atom stereocenters. The molecule has 0 amide bonds. The predicted molar refractivity (Wildman–Crippen MR) is 63.1 cm³/mol. The van der Waals surface area contributed by atoms with Gasteiger partial charge in [0.1, 0.15) is 17.2 Å². The number of benzene rings is 1. The van der Waals surface area contributed by atoms with Gasteiger partial charge in [-0.05, 0) is 24.6 Å². The normalized spacial score (nSPS) is 13.6. The summed E-state index contributed by atoms with van der Waals surface area (Å²) >= 11 is 5.77. The van der Waals surface area contributed by atoms with Crippen LogP contribution < -0.4 is 4.74 Å². The van der Waals surface area contributed by atoms with Gasteiger partial charge in [0, 0.05) is 4.47 Å². The largest absolute Gasteiger partial charge is 0.492 e. The Balaban J connectivity index is 2.64. The third-order valence-corrected chi connectivity index (χ3v) is 3.17. The Morgan fingerprint density at radius 2 is 2.00 bits per heavy atom. The quantitative estimate of drug-likeness (QED) is 0.722. The van der Waals surface area contributed by atoms with E-state index in [1.807, 2.05) is 0 Å². The highest BCUT2D eigenvalue weighted by Crippen LogP contribution is 2.28. The Bertz CT molecular complexity index is 366. The number of hydrogen-bond acceptors (Lipinski definition) is 1. The molecular formula is C10H9Br2F3O. The maximum Gasteiger partial charge on any atom is 0.404 e. The average Bonchev–Trinajstić information content (AvgIpc) is 2.17. The lowest BCUT2D eigenvalue weighted by Gasteiger charge is -2.16. The predicted octanol–water partition coefficient (Wildman–Crippen LogP) is 4.46. The minimum atomic E-state index is -4.29. The zero-order valence-corrected chi connectivity index (χ0v) is 11.5. The first-order valence-electron chi connectivity index (χ1n) is 4.40. The van der Waals surface area contributed by atoms with Crippen LogP contribution in [-0.4, -0.2) is 17.6 Å². The molecule has 0 spiro atoms. The lowest BCUT2D eigenvalue weighted by molar-refractivity contribution is -0.132. The molecule has 1 aromatic carbocycles. The third-order valence-electron chi connectivity index (χ3n) is 1.89. The monoisotopic (exact) mass is 360 g/mol. The summed E-state index contributed by atoms with van der Waals surface area (Å²) in [6, 6.07) is 5.22. The molecule has 0 saturated heterocycles. The van der Waals surface area contributed by atoms with Crippen LogP contribution in [0.4, 0.5) is 13.2 Å². The fraction of sp³-hybridized carbons (Fsp3) is 0.400. The summed E-state index contributed by atoms with van der Waals surface area (Å²) in [7, 11) is 0. The number of aryl methyl sites for hydroxylation is 1.